The van der Waals surface area contributed by atoms with Crippen LogP contribution in [0.3, 0.4) is 0 Å². The van der Waals surface area contributed by atoms with E-state index in [9.17, 15) is 38.4 Å². The smallest absolute Gasteiger partial charge is 0.317 e. The van der Waals surface area contributed by atoms with Gasteiger partial charge in [0.1, 0.15) is 13.2 Å². The van der Waals surface area contributed by atoms with Crippen molar-refractivity contribution < 1.29 is 66.8 Å². The highest BCUT2D eigenvalue weighted by Gasteiger charge is 2.39. The summed E-state index contributed by atoms with van der Waals surface area (Å²) in [6, 6.07) is 0. The van der Waals surface area contributed by atoms with Crippen LogP contribution in [-0.2, 0) is 66.8 Å². The fraction of sp³-hybridized carbons (Fsp3) is 0.686. The maximum Gasteiger partial charge on any atom is 0.317 e. The summed E-state index contributed by atoms with van der Waals surface area (Å²) in [7, 11) is 0. The summed E-state index contributed by atoms with van der Waals surface area (Å²) >= 11 is 0. The molecule has 84 heavy (non-hydrogen) atoms. The Hall–Kier alpha value is -5.66. The normalized spacial score (nSPS) is 19.0. The van der Waals surface area contributed by atoms with E-state index in [1.807, 2.05) is 43.4 Å². The molecule has 0 bridgehead atoms. The Kier molecular flexibility index (Phi) is 40.3. The number of cyclic esters (lactones) is 6. The van der Waals surface area contributed by atoms with Crippen LogP contribution in [0.2, 0.25) is 0 Å². The lowest BCUT2D eigenvalue weighted by atomic mass is 9.86. The minimum Gasteiger partial charge on any atom is -0.495 e. The summed E-state index contributed by atoms with van der Waals surface area (Å²) in [6.45, 7) is 10.4. The van der Waals surface area contributed by atoms with Crippen LogP contribution >= 0.6 is 0 Å². The van der Waals surface area contributed by atoms with Crippen LogP contribution in [0.4, 0.5) is 0 Å². The molecule has 0 aromatic heterocycles. The standard InChI is InChI=1S/C70H106O14/c1-5-8-10-11-28-37-46-58(62-52-67(75)84-70(62)78)47-39-31-25-26-33-41-49-64(72)81-59(53-79-55(4)42-35-27-21-17-14-12-13-15-18-22-29-36-43-56(7-3)60-50-65(73)82-68(60)76)54-80-63(71)48-40-32-24-20-16-19-23-30-38-45-57(44-34-9-6-2)61-51-66(74)83-69(61)77/h13,15,22-23,29-30,36,38-39,43,45,47,56-62H,4-12,14,16-21,24-28,31-35,37,40-42,44,46,48-54H2,1-3H3/b15-13-,29-22-,30-23-,43-36+,45-38+,47-39+. The average Bonchev–Trinajstić information content (AvgIpc) is 4.20. The Morgan fingerprint density at radius 1 is 0.452 bits per heavy atom. The predicted octanol–water partition coefficient (Wildman–Crippen LogP) is 16.4. The lowest BCUT2D eigenvalue weighted by Gasteiger charge is -2.19. The summed E-state index contributed by atoms with van der Waals surface area (Å²) in [4.78, 5) is 97.5. The van der Waals surface area contributed by atoms with Gasteiger partial charge in [-0.1, -0.05) is 209 Å². The van der Waals surface area contributed by atoms with Crippen molar-refractivity contribution in [2.45, 2.75) is 258 Å². The molecule has 0 aromatic rings. The van der Waals surface area contributed by atoms with Crippen LogP contribution in [-0.4, -0.2) is 67.1 Å². The Bertz CT molecular complexity index is 2150. The number of carbonyl (C=O) groups excluding carboxylic acids is 8. The van der Waals surface area contributed by atoms with Gasteiger partial charge in [0, 0.05) is 19.3 Å². The summed E-state index contributed by atoms with van der Waals surface area (Å²) in [5.41, 5.74) is 0. The van der Waals surface area contributed by atoms with Crippen LogP contribution in [0.5, 0.6) is 0 Å². The van der Waals surface area contributed by atoms with Crippen molar-refractivity contribution in [3.8, 4) is 0 Å². The minimum atomic E-state index is -0.760. The third-order valence-corrected chi connectivity index (χ3v) is 16.1. The number of hydrogen-bond acceptors (Lipinski definition) is 14. The molecule has 7 unspecified atom stereocenters. The molecule has 0 aliphatic carbocycles. The molecule has 0 spiro atoms. The number of esters is 8. The topological polar surface area (TPSA) is 192 Å². The molecule has 3 fully saturated rings. The zero-order valence-electron chi connectivity index (χ0n) is 51.8. The SMILES string of the molecule is C=C(CCCCCCC/C=C\C/C=C\C=C\C(CC)C1CC(=O)OC1=O)OCC(COC(=O)CCCCCCC/C=C\C=C\C(CCCCC)C1CC(=O)OC1=O)OC(=O)CCCCCC/C=C/C(CCCCCCCC)C1CC(=O)OC1=O. The molecule has 0 N–H and O–H groups in total. The Morgan fingerprint density at radius 3 is 1.44 bits per heavy atom. The second kappa shape index (κ2) is 46.6. The molecule has 3 aliphatic rings. The maximum atomic E-state index is 13.1. The lowest BCUT2D eigenvalue weighted by molar-refractivity contribution is -0.162. The molecule has 0 amide bonds. The van der Waals surface area contributed by atoms with Crippen LogP contribution in [0, 0.1) is 35.5 Å². The van der Waals surface area contributed by atoms with Crippen LogP contribution in [0.15, 0.2) is 85.3 Å². The van der Waals surface area contributed by atoms with Gasteiger partial charge in [0.25, 0.3) is 0 Å². The number of rotatable bonds is 51. The minimum absolute atomic E-state index is 0.000243. The number of carbonyl (C=O) groups is 8. The highest BCUT2D eigenvalue weighted by atomic mass is 16.6. The van der Waals surface area contributed by atoms with Gasteiger partial charge in [0.2, 0.25) is 0 Å². The number of hydrogen-bond donors (Lipinski definition) is 0. The first-order valence-electron chi connectivity index (χ1n) is 32.7. The highest BCUT2D eigenvalue weighted by molar-refractivity contribution is 5.96. The van der Waals surface area contributed by atoms with Gasteiger partial charge in [-0.05, 0) is 101 Å². The van der Waals surface area contributed by atoms with Gasteiger partial charge < -0.3 is 28.4 Å². The van der Waals surface area contributed by atoms with E-state index in [0.29, 0.717) is 25.0 Å². The molecule has 0 saturated carbocycles. The number of allylic oxidation sites excluding steroid dienone is 13. The molecule has 3 aliphatic heterocycles. The second-order valence-electron chi connectivity index (χ2n) is 23.2. The van der Waals surface area contributed by atoms with E-state index in [0.717, 1.165) is 154 Å². The largest absolute Gasteiger partial charge is 0.495 e. The van der Waals surface area contributed by atoms with E-state index >= 15 is 0 Å². The van der Waals surface area contributed by atoms with Crippen molar-refractivity contribution in [3.63, 3.8) is 0 Å². The van der Waals surface area contributed by atoms with Crippen LogP contribution in [0.25, 0.3) is 0 Å². The van der Waals surface area contributed by atoms with E-state index in [-0.39, 0.29) is 86.8 Å². The number of ether oxygens (including phenoxy) is 6. The first kappa shape index (κ1) is 72.6. The monoisotopic (exact) mass is 1170 g/mol. The van der Waals surface area contributed by atoms with Crippen molar-refractivity contribution >= 4 is 47.8 Å². The quantitative estimate of drug-likeness (QED) is 0.0106. The summed E-state index contributed by atoms with van der Waals surface area (Å²) in [5, 5.41) is 0. The molecule has 14 nitrogen and oxygen atoms in total. The first-order chi connectivity index (χ1) is 40.8. The van der Waals surface area contributed by atoms with E-state index in [2.05, 4.69) is 56.9 Å². The molecular weight excluding hydrogens is 1060 g/mol. The molecule has 3 saturated heterocycles. The first-order valence-corrected chi connectivity index (χ1v) is 32.7. The van der Waals surface area contributed by atoms with Crippen LogP contribution in [0.1, 0.15) is 252 Å². The Morgan fingerprint density at radius 2 is 0.881 bits per heavy atom. The third-order valence-electron chi connectivity index (χ3n) is 16.1. The summed E-state index contributed by atoms with van der Waals surface area (Å²) < 4.78 is 31.9. The van der Waals surface area contributed by atoms with Crippen molar-refractivity contribution in [2.24, 2.45) is 35.5 Å². The molecule has 0 aromatic carbocycles. The van der Waals surface area contributed by atoms with E-state index < -0.39 is 47.8 Å². The Balaban J connectivity index is 1.36. The molecule has 3 rings (SSSR count). The van der Waals surface area contributed by atoms with Gasteiger partial charge >= 0.3 is 47.8 Å². The van der Waals surface area contributed by atoms with E-state index in [4.69, 9.17) is 28.4 Å². The van der Waals surface area contributed by atoms with Gasteiger partial charge in [-0.3, -0.25) is 38.4 Å². The van der Waals surface area contributed by atoms with Crippen molar-refractivity contribution in [3.05, 3.63) is 85.3 Å². The predicted molar refractivity (Wildman–Crippen MR) is 328 cm³/mol. The zero-order chi connectivity index (χ0) is 60.8. The van der Waals surface area contributed by atoms with Gasteiger partial charge in [-0.2, -0.15) is 0 Å². The number of unbranched alkanes of at least 4 members (excludes halogenated alkanes) is 21. The molecule has 470 valence electrons. The van der Waals surface area contributed by atoms with Gasteiger partial charge in [0.15, 0.2) is 6.10 Å². The van der Waals surface area contributed by atoms with Crippen molar-refractivity contribution in [1.82, 2.24) is 0 Å². The molecule has 0 radical (unpaired) electrons. The zero-order valence-corrected chi connectivity index (χ0v) is 51.8. The maximum absolute atomic E-state index is 13.1. The summed E-state index contributed by atoms with van der Waals surface area (Å²) in [5.74, 6) is -3.78. The fourth-order valence-electron chi connectivity index (χ4n) is 10.9. The second-order valence-corrected chi connectivity index (χ2v) is 23.2. The van der Waals surface area contributed by atoms with E-state index in [1.165, 1.54) is 25.7 Å². The average molecular weight is 1170 g/mol. The molecular formula is C70H106O14. The lowest BCUT2D eigenvalue weighted by Crippen LogP contribution is -2.29. The third kappa shape index (κ3) is 33.7. The van der Waals surface area contributed by atoms with Crippen molar-refractivity contribution in [1.29, 1.82) is 0 Å². The van der Waals surface area contributed by atoms with Gasteiger partial charge in [0.05, 0.1) is 42.8 Å². The fourth-order valence-corrected chi connectivity index (χ4v) is 10.9. The Labute approximate surface area is 504 Å². The molecule has 7 atom stereocenters. The molecule has 14 heteroatoms. The van der Waals surface area contributed by atoms with Crippen LogP contribution < -0.4 is 0 Å². The van der Waals surface area contributed by atoms with Crippen molar-refractivity contribution in [2.75, 3.05) is 13.2 Å². The van der Waals surface area contributed by atoms with E-state index in [1.54, 1.807) is 0 Å². The highest BCUT2D eigenvalue weighted by Crippen LogP contribution is 2.32. The molecule has 3 heterocycles. The van der Waals surface area contributed by atoms with Gasteiger partial charge in [-0.15, -0.1) is 0 Å². The van der Waals surface area contributed by atoms with Gasteiger partial charge in [-0.25, -0.2) is 0 Å². The summed E-state index contributed by atoms with van der Waals surface area (Å²) in [6.07, 6.45) is 55.3.